The van der Waals surface area contributed by atoms with Gasteiger partial charge in [-0.15, -0.1) is 0 Å². The van der Waals surface area contributed by atoms with Crippen LogP contribution in [0.5, 0.6) is 0 Å². The zero-order valence-electron chi connectivity index (χ0n) is 13.5. The molecule has 1 aromatic carbocycles. The minimum atomic E-state index is -0.876. The Kier molecular flexibility index (Phi) is 6.28. The van der Waals surface area contributed by atoms with E-state index in [4.69, 9.17) is 4.74 Å². The lowest BCUT2D eigenvalue weighted by atomic mass is 10.1. The number of amides is 1. The molecule has 0 aliphatic heterocycles. The number of benzene rings is 1. The summed E-state index contributed by atoms with van der Waals surface area (Å²) in [5.41, 5.74) is 0.176. The van der Waals surface area contributed by atoms with Crippen molar-refractivity contribution in [2.45, 2.75) is 52.2 Å². The van der Waals surface area contributed by atoms with Gasteiger partial charge in [0, 0.05) is 17.5 Å². The summed E-state index contributed by atoms with van der Waals surface area (Å²) in [5.74, 6) is -1.03. The number of ketones is 1. The molecule has 1 rings (SSSR count). The van der Waals surface area contributed by atoms with Crippen molar-refractivity contribution in [2.75, 3.05) is 0 Å². The number of Topliss-reactive ketones (excluding diaryl/α,β-unsaturated/α-hetero) is 1. The van der Waals surface area contributed by atoms with E-state index in [9.17, 15) is 14.4 Å². The average Bonchev–Trinajstić information content (AvgIpc) is 2.43. The number of nitrogens with one attached hydrogen (secondary N) is 1. The SMILES string of the molecule is C[C@H](OC(=O)CCC(=O)c1ccccc1)C(=O)NC(C)(C)C. The van der Waals surface area contributed by atoms with E-state index in [0.29, 0.717) is 5.56 Å². The van der Waals surface area contributed by atoms with Gasteiger partial charge in [-0.25, -0.2) is 0 Å². The average molecular weight is 305 g/mol. The molecule has 0 aromatic heterocycles. The van der Waals surface area contributed by atoms with Gasteiger partial charge in [0.25, 0.3) is 5.91 Å². The third-order valence-corrected chi connectivity index (χ3v) is 2.83. The summed E-state index contributed by atoms with van der Waals surface area (Å²) >= 11 is 0. The summed E-state index contributed by atoms with van der Waals surface area (Å²) in [7, 11) is 0. The highest BCUT2D eigenvalue weighted by molar-refractivity contribution is 5.97. The first-order chi connectivity index (χ1) is 10.2. The Balaban J connectivity index is 2.40. The fourth-order valence-corrected chi connectivity index (χ4v) is 1.76. The van der Waals surface area contributed by atoms with Gasteiger partial charge in [-0.1, -0.05) is 30.3 Å². The van der Waals surface area contributed by atoms with Crippen LogP contribution in [0.25, 0.3) is 0 Å². The molecule has 0 aliphatic rings. The van der Waals surface area contributed by atoms with Crippen molar-refractivity contribution in [1.29, 1.82) is 0 Å². The smallest absolute Gasteiger partial charge is 0.307 e. The molecule has 0 bridgehead atoms. The summed E-state index contributed by atoms with van der Waals surface area (Å²) in [4.78, 5) is 35.4. The second-order valence-electron chi connectivity index (χ2n) is 6.16. The second-order valence-corrected chi connectivity index (χ2v) is 6.16. The van der Waals surface area contributed by atoms with Crippen LogP contribution in [0, 0.1) is 0 Å². The highest BCUT2D eigenvalue weighted by Crippen LogP contribution is 2.07. The largest absolute Gasteiger partial charge is 0.453 e. The Morgan fingerprint density at radius 2 is 1.68 bits per heavy atom. The van der Waals surface area contributed by atoms with Crippen LogP contribution in [0.4, 0.5) is 0 Å². The van der Waals surface area contributed by atoms with Crippen LogP contribution in [0.2, 0.25) is 0 Å². The van der Waals surface area contributed by atoms with Crippen LogP contribution in [-0.2, 0) is 14.3 Å². The number of carbonyl (C=O) groups is 3. The van der Waals surface area contributed by atoms with Gasteiger partial charge in [-0.05, 0) is 27.7 Å². The molecule has 120 valence electrons. The van der Waals surface area contributed by atoms with Crippen LogP contribution in [0.15, 0.2) is 30.3 Å². The van der Waals surface area contributed by atoms with Gasteiger partial charge in [-0.2, -0.15) is 0 Å². The van der Waals surface area contributed by atoms with E-state index in [-0.39, 0.29) is 30.1 Å². The molecular formula is C17H23NO4. The number of ether oxygens (including phenoxy) is 1. The van der Waals surface area contributed by atoms with Crippen LogP contribution in [0.1, 0.15) is 50.9 Å². The lowest BCUT2D eigenvalue weighted by molar-refractivity contribution is -0.155. The van der Waals surface area contributed by atoms with Gasteiger partial charge in [0.1, 0.15) is 0 Å². The molecule has 0 aliphatic carbocycles. The Morgan fingerprint density at radius 1 is 1.09 bits per heavy atom. The van der Waals surface area contributed by atoms with E-state index in [1.54, 1.807) is 24.3 Å². The zero-order valence-corrected chi connectivity index (χ0v) is 13.5. The van der Waals surface area contributed by atoms with E-state index in [0.717, 1.165) is 0 Å². The lowest BCUT2D eigenvalue weighted by Gasteiger charge is -2.23. The number of hydrogen-bond acceptors (Lipinski definition) is 4. The van der Waals surface area contributed by atoms with E-state index >= 15 is 0 Å². The maximum atomic E-state index is 11.9. The molecule has 5 nitrogen and oxygen atoms in total. The maximum absolute atomic E-state index is 11.9. The molecular weight excluding hydrogens is 282 g/mol. The Labute approximate surface area is 131 Å². The molecule has 0 saturated heterocycles. The quantitative estimate of drug-likeness (QED) is 0.647. The Bertz CT molecular complexity index is 531. The van der Waals surface area contributed by atoms with Crippen molar-refractivity contribution < 1.29 is 19.1 Å². The Morgan fingerprint density at radius 3 is 2.23 bits per heavy atom. The first-order valence-electron chi connectivity index (χ1n) is 7.29. The molecule has 0 saturated carbocycles. The van der Waals surface area contributed by atoms with Gasteiger partial charge < -0.3 is 10.1 Å². The molecule has 0 fully saturated rings. The molecule has 0 unspecified atom stereocenters. The van der Waals surface area contributed by atoms with E-state index in [1.165, 1.54) is 6.92 Å². The van der Waals surface area contributed by atoms with Crippen molar-refractivity contribution in [3.05, 3.63) is 35.9 Å². The summed E-state index contributed by atoms with van der Waals surface area (Å²) in [5, 5.41) is 2.73. The van der Waals surface area contributed by atoms with Crippen molar-refractivity contribution in [1.82, 2.24) is 5.32 Å². The van der Waals surface area contributed by atoms with Gasteiger partial charge >= 0.3 is 5.97 Å². The van der Waals surface area contributed by atoms with Gasteiger partial charge in [0.05, 0.1) is 6.42 Å². The van der Waals surface area contributed by atoms with Crippen LogP contribution >= 0.6 is 0 Å². The normalized spacial score (nSPS) is 12.4. The Hall–Kier alpha value is -2.17. The monoisotopic (exact) mass is 305 g/mol. The molecule has 1 N–H and O–H groups in total. The minimum Gasteiger partial charge on any atom is -0.453 e. The van der Waals surface area contributed by atoms with E-state index in [1.807, 2.05) is 26.8 Å². The van der Waals surface area contributed by atoms with Crippen LogP contribution in [-0.4, -0.2) is 29.3 Å². The molecule has 0 radical (unpaired) electrons. The van der Waals surface area contributed by atoms with Crippen molar-refractivity contribution in [3.63, 3.8) is 0 Å². The summed E-state index contributed by atoms with van der Waals surface area (Å²) in [6, 6.07) is 8.76. The van der Waals surface area contributed by atoms with Crippen LogP contribution in [0.3, 0.4) is 0 Å². The summed E-state index contributed by atoms with van der Waals surface area (Å²) in [6.45, 7) is 7.05. The predicted molar refractivity (Wildman–Crippen MR) is 83.5 cm³/mol. The fraction of sp³-hybridized carbons (Fsp3) is 0.471. The third-order valence-electron chi connectivity index (χ3n) is 2.83. The number of hydrogen-bond donors (Lipinski definition) is 1. The number of esters is 1. The molecule has 0 heterocycles. The zero-order chi connectivity index (χ0) is 16.8. The second kappa shape index (κ2) is 7.73. The molecule has 1 atom stereocenters. The van der Waals surface area contributed by atoms with Crippen LogP contribution < -0.4 is 5.32 Å². The molecule has 1 aromatic rings. The molecule has 5 heteroatoms. The first kappa shape index (κ1) is 17.9. The lowest BCUT2D eigenvalue weighted by Crippen LogP contribution is -2.46. The number of carbonyl (C=O) groups excluding carboxylic acids is 3. The van der Waals surface area contributed by atoms with E-state index in [2.05, 4.69) is 5.32 Å². The van der Waals surface area contributed by atoms with E-state index < -0.39 is 12.1 Å². The van der Waals surface area contributed by atoms with Gasteiger partial charge in [0.15, 0.2) is 11.9 Å². The molecule has 0 spiro atoms. The van der Waals surface area contributed by atoms with Crippen molar-refractivity contribution >= 4 is 17.7 Å². The van der Waals surface area contributed by atoms with Gasteiger partial charge in [-0.3, -0.25) is 14.4 Å². The van der Waals surface area contributed by atoms with Crippen molar-refractivity contribution in [2.24, 2.45) is 0 Å². The summed E-state index contributed by atoms with van der Waals surface area (Å²) < 4.78 is 5.04. The van der Waals surface area contributed by atoms with Crippen molar-refractivity contribution in [3.8, 4) is 0 Å². The summed E-state index contributed by atoms with van der Waals surface area (Å²) in [6.07, 6.45) is -0.851. The highest BCUT2D eigenvalue weighted by atomic mass is 16.5. The third kappa shape index (κ3) is 6.52. The first-order valence-corrected chi connectivity index (χ1v) is 7.29. The highest BCUT2D eigenvalue weighted by Gasteiger charge is 2.22. The molecule has 22 heavy (non-hydrogen) atoms. The minimum absolute atomic E-state index is 0.0408. The maximum Gasteiger partial charge on any atom is 0.307 e. The standard InChI is InChI=1S/C17H23NO4/c1-12(16(21)18-17(2,3)4)22-15(20)11-10-14(19)13-8-6-5-7-9-13/h5-9,12H,10-11H2,1-4H3,(H,18,21)/t12-/m0/s1. The predicted octanol–water partition coefficient (Wildman–Crippen LogP) is 2.50. The molecule has 1 amide bonds. The number of rotatable bonds is 6. The van der Waals surface area contributed by atoms with Gasteiger partial charge in [0.2, 0.25) is 0 Å². The fourth-order valence-electron chi connectivity index (χ4n) is 1.76. The topological polar surface area (TPSA) is 72.5 Å².